The Bertz CT molecular complexity index is 391. The van der Waals surface area contributed by atoms with Crippen LogP contribution in [0.3, 0.4) is 0 Å². The van der Waals surface area contributed by atoms with Crippen molar-refractivity contribution in [3.63, 3.8) is 0 Å². The summed E-state index contributed by atoms with van der Waals surface area (Å²) in [5, 5.41) is 13.9. The largest absolute Gasteiger partial charge is 0.393 e. The summed E-state index contributed by atoms with van der Waals surface area (Å²) in [6.07, 6.45) is 1.72. The maximum Gasteiger partial charge on any atom is 0.0639 e. The zero-order chi connectivity index (χ0) is 12.4. The van der Waals surface area contributed by atoms with Gasteiger partial charge in [-0.05, 0) is 43.9 Å². The van der Waals surface area contributed by atoms with Gasteiger partial charge in [0.05, 0.1) is 16.1 Å². The molecule has 0 heterocycles. The predicted molar refractivity (Wildman–Crippen MR) is 71.6 cm³/mol. The fourth-order valence-corrected chi connectivity index (χ4v) is 2.65. The molecule has 2 N–H and O–H groups in total. The molecule has 1 atom stereocenters. The second kappa shape index (κ2) is 5.57. The molecule has 0 saturated heterocycles. The molecule has 1 aromatic carbocycles. The van der Waals surface area contributed by atoms with E-state index in [1.54, 1.807) is 6.07 Å². The van der Waals surface area contributed by atoms with Crippen molar-refractivity contribution in [2.24, 2.45) is 5.92 Å². The minimum atomic E-state index is -0.0909. The van der Waals surface area contributed by atoms with Crippen LogP contribution < -0.4 is 5.32 Å². The van der Waals surface area contributed by atoms with E-state index < -0.39 is 0 Å². The van der Waals surface area contributed by atoms with Crippen LogP contribution in [-0.4, -0.2) is 17.8 Å². The molecule has 0 aromatic heterocycles. The van der Waals surface area contributed by atoms with Gasteiger partial charge in [0.15, 0.2) is 0 Å². The van der Waals surface area contributed by atoms with Gasteiger partial charge in [-0.1, -0.05) is 35.3 Å². The third-order valence-electron chi connectivity index (χ3n) is 3.37. The average Bonchev–Trinajstić information content (AvgIpc) is 2.26. The van der Waals surface area contributed by atoms with Crippen molar-refractivity contribution in [1.29, 1.82) is 0 Å². The highest BCUT2D eigenvalue weighted by atomic mass is 35.5. The van der Waals surface area contributed by atoms with Crippen LogP contribution in [0.5, 0.6) is 0 Å². The average molecular weight is 274 g/mol. The first-order valence-corrected chi connectivity index (χ1v) is 6.69. The molecule has 17 heavy (non-hydrogen) atoms. The molecule has 0 spiro atoms. The third-order valence-corrected chi connectivity index (χ3v) is 4.21. The van der Waals surface area contributed by atoms with E-state index in [0.29, 0.717) is 16.0 Å². The number of aliphatic hydroxyl groups is 1. The zero-order valence-corrected chi connectivity index (χ0v) is 11.3. The normalized spacial score (nSPS) is 25.4. The first kappa shape index (κ1) is 13.2. The Hall–Kier alpha value is -0.280. The van der Waals surface area contributed by atoms with Gasteiger partial charge >= 0.3 is 0 Å². The fraction of sp³-hybridized carbons (Fsp3) is 0.538. The Morgan fingerprint density at radius 2 is 2.12 bits per heavy atom. The van der Waals surface area contributed by atoms with E-state index in [-0.39, 0.29) is 12.1 Å². The molecule has 4 heteroatoms. The summed E-state index contributed by atoms with van der Waals surface area (Å²) in [7, 11) is 0. The molecule has 1 aromatic rings. The minimum Gasteiger partial charge on any atom is -0.393 e. The van der Waals surface area contributed by atoms with Crippen molar-refractivity contribution in [1.82, 2.24) is 5.32 Å². The molecule has 2 rings (SSSR count). The van der Waals surface area contributed by atoms with Crippen molar-refractivity contribution >= 4 is 23.2 Å². The number of hydrogen-bond donors (Lipinski definition) is 2. The Morgan fingerprint density at radius 3 is 2.76 bits per heavy atom. The summed E-state index contributed by atoms with van der Waals surface area (Å²) in [6, 6.07) is 5.87. The van der Waals surface area contributed by atoms with E-state index in [1.165, 1.54) is 0 Å². The minimum absolute atomic E-state index is 0.0909. The molecule has 1 aliphatic carbocycles. The first-order chi connectivity index (χ1) is 8.08. The van der Waals surface area contributed by atoms with Crippen LogP contribution in [0.4, 0.5) is 0 Å². The molecule has 0 aliphatic heterocycles. The van der Waals surface area contributed by atoms with Gasteiger partial charge < -0.3 is 10.4 Å². The van der Waals surface area contributed by atoms with Crippen molar-refractivity contribution in [3.05, 3.63) is 33.8 Å². The lowest BCUT2D eigenvalue weighted by Crippen LogP contribution is -2.37. The number of benzene rings is 1. The van der Waals surface area contributed by atoms with E-state index in [9.17, 15) is 5.11 Å². The summed E-state index contributed by atoms with van der Waals surface area (Å²) >= 11 is 12.1. The number of nitrogens with one attached hydrogen (secondary N) is 1. The molecule has 1 fully saturated rings. The molecule has 2 nitrogen and oxygen atoms in total. The van der Waals surface area contributed by atoms with Gasteiger partial charge in [-0.25, -0.2) is 0 Å². The second-order valence-corrected chi connectivity index (χ2v) is 5.55. The Labute approximate surface area is 112 Å². The number of hydrogen-bond acceptors (Lipinski definition) is 2. The molecule has 0 radical (unpaired) electrons. The highest BCUT2D eigenvalue weighted by Gasteiger charge is 2.27. The van der Waals surface area contributed by atoms with Crippen LogP contribution in [-0.2, 0) is 0 Å². The molecule has 1 unspecified atom stereocenters. The monoisotopic (exact) mass is 273 g/mol. The molecular formula is C13H17Cl2NO. The fourth-order valence-electron chi connectivity index (χ4n) is 2.18. The predicted octanol–water partition coefficient (Wildman–Crippen LogP) is 3.41. The van der Waals surface area contributed by atoms with Crippen LogP contribution in [0.25, 0.3) is 0 Å². The Morgan fingerprint density at radius 1 is 1.41 bits per heavy atom. The highest BCUT2D eigenvalue weighted by molar-refractivity contribution is 6.42. The van der Waals surface area contributed by atoms with Gasteiger partial charge in [-0.3, -0.25) is 0 Å². The zero-order valence-electron chi connectivity index (χ0n) is 9.79. The molecule has 1 aliphatic rings. The maximum absolute atomic E-state index is 9.21. The smallest absolute Gasteiger partial charge is 0.0639 e. The van der Waals surface area contributed by atoms with E-state index >= 15 is 0 Å². The van der Waals surface area contributed by atoms with Crippen LogP contribution in [0.15, 0.2) is 18.2 Å². The van der Waals surface area contributed by atoms with E-state index in [0.717, 1.165) is 24.9 Å². The van der Waals surface area contributed by atoms with Crippen molar-refractivity contribution in [2.45, 2.75) is 31.9 Å². The van der Waals surface area contributed by atoms with Gasteiger partial charge in [-0.15, -0.1) is 0 Å². The van der Waals surface area contributed by atoms with Crippen LogP contribution in [0.1, 0.15) is 31.4 Å². The molecule has 0 amide bonds. The van der Waals surface area contributed by atoms with Crippen LogP contribution in [0, 0.1) is 5.92 Å². The standard InChI is InChI=1S/C13H17Cl2NO/c1-8(16-7-9-5-10(17)6-9)11-3-2-4-12(14)13(11)15/h2-4,8-10,16-17H,5-7H2,1H3. The number of rotatable bonds is 4. The molecule has 94 valence electrons. The van der Waals surface area contributed by atoms with Gasteiger partial charge in [0.25, 0.3) is 0 Å². The Kier molecular flexibility index (Phi) is 4.31. The van der Waals surface area contributed by atoms with Crippen molar-refractivity contribution < 1.29 is 5.11 Å². The van der Waals surface area contributed by atoms with Gasteiger partial charge in [0, 0.05) is 6.04 Å². The topological polar surface area (TPSA) is 32.3 Å². The van der Waals surface area contributed by atoms with Crippen molar-refractivity contribution in [2.75, 3.05) is 6.54 Å². The summed E-state index contributed by atoms with van der Waals surface area (Å²) in [5.41, 5.74) is 1.03. The summed E-state index contributed by atoms with van der Waals surface area (Å²) in [4.78, 5) is 0. The van der Waals surface area contributed by atoms with E-state index in [2.05, 4.69) is 12.2 Å². The van der Waals surface area contributed by atoms with Crippen LogP contribution in [0.2, 0.25) is 10.0 Å². The van der Waals surface area contributed by atoms with Gasteiger partial charge in [0.1, 0.15) is 0 Å². The van der Waals surface area contributed by atoms with Crippen LogP contribution >= 0.6 is 23.2 Å². The second-order valence-electron chi connectivity index (χ2n) is 4.76. The number of halogens is 2. The maximum atomic E-state index is 9.21. The lowest BCUT2D eigenvalue weighted by atomic mass is 9.82. The molecular weight excluding hydrogens is 257 g/mol. The lowest BCUT2D eigenvalue weighted by molar-refractivity contribution is 0.0420. The molecule has 0 bridgehead atoms. The number of aliphatic hydroxyl groups excluding tert-OH is 1. The molecule has 1 saturated carbocycles. The summed E-state index contributed by atoms with van der Waals surface area (Å²) in [6.45, 7) is 2.99. The third kappa shape index (κ3) is 3.14. The van der Waals surface area contributed by atoms with E-state index in [4.69, 9.17) is 23.2 Å². The highest BCUT2D eigenvalue weighted by Crippen LogP contribution is 2.31. The van der Waals surface area contributed by atoms with Crippen molar-refractivity contribution in [3.8, 4) is 0 Å². The van der Waals surface area contributed by atoms with E-state index in [1.807, 2.05) is 12.1 Å². The van der Waals surface area contributed by atoms with Gasteiger partial charge in [0.2, 0.25) is 0 Å². The lowest BCUT2D eigenvalue weighted by Gasteiger charge is -2.32. The van der Waals surface area contributed by atoms with Gasteiger partial charge in [-0.2, -0.15) is 0 Å². The Balaban J connectivity index is 1.90. The SMILES string of the molecule is CC(NCC1CC(O)C1)c1cccc(Cl)c1Cl. The quantitative estimate of drug-likeness (QED) is 0.881. The summed E-state index contributed by atoms with van der Waals surface area (Å²) < 4.78 is 0. The first-order valence-electron chi connectivity index (χ1n) is 5.93. The summed E-state index contributed by atoms with van der Waals surface area (Å²) in [5.74, 6) is 0.588.